The van der Waals surface area contributed by atoms with Crippen molar-refractivity contribution in [2.45, 2.75) is 254 Å². The molecular formula is C47H88NO17P. The van der Waals surface area contributed by atoms with E-state index in [4.69, 9.17) is 33.7 Å². The number of phosphoric ester groups is 1. The Balaban J connectivity index is 1.55. The molecule has 66 heavy (non-hydrogen) atoms. The number of rotatable bonds is 38. The van der Waals surface area contributed by atoms with E-state index in [-0.39, 0.29) is 6.42 Å². The SMILES string of the molecule is CCCCCCCC/C=C\CCCCCCCCCCCCCCCCCCCC(=O)OC[C@H](O)COP(=O)(O)O[C@@H]1C(OC(C)=O)[C@H](O)C(O)C(O)[C@H]1O[C@H]1OC(CO)[C@@H](O)C(O)C1N. The zero-order valence-corrected chi connectivity index (χ0v) is 40.8. The molecule has 0 spiro atoms. The highest BCUT2D eigenvalue weighted by Crippen LogP contribution is 2.48. The number of aliphatic hydroxyl groups excluding tert-OH is 7. The molecule has 19 heteroatoms. The molecule has 10 N–H and O–H groups in total. The lowest BCUT2D eigenvalue weighted by molar-refractivity contribution is -0.315. The van der Waals surface area contributed by atoms with Crippen molar-refractivity contribution < 1.29 is 82.8 Å². The van der Waals surface area contributed by atoms with Gasteiger partial charge in [-0.05, 0) is 32.1 Å². The van der Waals surface area contributed by atoms with Gasteiger partial charge in [0.15, 0.2) is 12.4 Å². The van der Waals surface area contributed by atoms with Crippen molar-refractivity contribution in [2.75, 3.05) is 19.8 Å². The minimum absolute atomic E-state index is 0.132. The predicted octanol–water partition coefficient (Wildman–Crippen LogP) is 5.29. The number of aliphatic hydroxyl groups is 7. The number of ether oxygens (including phenoxy) is 4. The Kier molecular flexibility index (Phi) is 32.5. The molecule has 1 heterocycles. The van der Waals surface area contributed by atoms with Crippen molar-refractivity contribution in [3.05, 3.63) is 12.2 Å². The molecule has 7 unspecified atom stereocenters. The smallest absolute Gasteiger partial charge is 0.463 e. The quantitative estimate of drug-likeness (QED) is 0.0164. The molecule has 1 aliphatic carbocycles. The summed E-state index contributed by atoms with van der Waals surface area (Å²) in [6.45, 7) is 0.938. The summed E-state index contributed by atoms with van der Waals surface area (Å²) < 4.78 is 44.3. The molecule has 1 saturated heterocycles. The summed E-state index contributed by atoms with van der Waals surface area (Å²) in [5.74, 6) is -1.59. The summed E-state index contributed by atoms with van der Waals surface area (Å²) >= 11 is 0. The molecule has 0 aromatic rings. The Hall–Kier alpha value is -1.61. The van der Waals surface area contributed by atoms with Gasteiger partial charge < -0.3 is 65.3 Å². The van der Waals surface area contributed by atoms with Crippen LogP contribution in [0.15, 0.2) is 12.2 Å². The second-order valence-electron chi connectivity index (χ2n) is 18.2. The number of hydrogen-bond acceptors (Lipinski definition) is 17. The molecule has 0 amide bonds. The number of nitrogens with two attached hydrogens (primary N) is 1. The maximum absolute atomic E-state index is 13.1. The van der Waals surface area contributed by atoms with Gasteiger partial charge in [0.25, 0.3) is 0 Å². The fourth-order valence-corrected chi connectivity index (χ4v) is 9.26. The molecule has 13 atom stereocenters. The highest BCUT2D eigenvalue weighted by atomic mass is 31.2. The lowest BCUT2D eigenvalue weighted by atomic mass is 9.84. The van der Waals surface area contributed by atoms with E-state index < -0.39 is 113 Å². The van der Waals surface area contributed by atoms with Gasteiger partial charge in [-0.2, -0.15) is 0 Å². The maximum Gasteiger partial charge on any atom is 0.472 e. The van der Waals surface area contributed by atoms with E-state index in [9.17, 15) is 54.8 Å². The van der Waals surface area contributed by atoms with Crippen molar-refractivity contribution in [1.82, 2.24) is 0 Å². The molecule has 2 fully saturated rings. The Morgan fingerprint density at radius 2 is 1.12 bits per heavy atom. The van der Waals surface area contributed by atoms with E-state index in [0.717, 1.165) is 32.6 Å². The number of esters is 2. The Morgan fingerprint density at radius 1 is 0.652 bits per heavy atom. The van der Waals surface area contributed by atoms with Gasteiger partial charge in [-0.3, -0.25) is 18.6 Å². The fourth-order valence-electron chi connectivity index (χ4n) is 8.29. The number of carbonyl (C=O) groups is 2. The molecule has 0 aromatic heterocycles. The van der Waals surface area contributed by atoms with Crippen LogP contribution >= 0.6 is 7.82 Å². The molecule has 388 valence electrons. The summed E-state index contributed by atoms with van der Waals surface area (Å²) in [5, 5.41) is 72.4. The van der Waals surface area contributed by atoms with Gasteiger partial charge >= 0.3 is 19.8 Å². The van der Waals surface area contributed by atoms with Crippen LogP contribution in [0.3, 0.4) is 0 Å². The minimum Gasteiger partial charge on any atom is -0.463 e. The number of allylic oxidation sites excluding steroid dienone is 2. The van der Waals surface area contributed by atoms with E-state index in [0.29, 0.717) is 6.42 Å². The average Bonchev–Trinajstić information content (AvgIpc) is 3.29. The van der Waals surface area contributed by atoms with E-state index in [2.05, 4.69) is 19.1 Å². The Labute approximate surface area is 393 Å². The lowest BCUT2D eigenvalue weighted by Gasteiger charge is -2.48. The molecule has 1 aliphatic heterocycles. The minimum atomic E-state index is -5.30. The summed E-state index contributed by atoms with van der Waals surface area (Å²) in [5.41, 5.74) is 5.92. The van der Waals surface area contributed by atoms with Crippen LogP contribution in [0.4, 0.5) is 0 Å². The van der Waals surface area contributed by atoms with Crippen LogP contribution in [0.5, 0.6) is 0 Å². The van der Waals surface area contributed by atoms with Gasteiger partial charge in [-0.25, -0.2) is 4.57 Å². The van der Waals surface area contributed by atoms with Gasteiger partial charge in [0.2, 0.25) is 0 Å². The van der Waals surface area contributed by atoms with Crippen molar-refractivity contribution in [3.8, 4) is 0 Å². The zero-order chi connectivity index (χ0) is 48.7. The first-order valence-electron chi connectivity index (χ1n) is 25.0. The Bertz CT molecular complexity index is 1340. The first kappa shape index (κ1) is 60.5. The molecule has 2 aliphatic rings. The lowest BCUT2D eigenvalue weighted by Crippen LogP contribution is -2.69. The van der Waals surface area contributed by atoms with E-state index in [1.54, 1.807) is 0 Å². The molecule has 1 saturated carbocycles. The number of carbonyl (C=O) groups excluding carboxylic acids is 2. The van der Waals surface area contributed by atoms with Gasteiger partial charge in [-0.15, -0.1) is 0 Å². The molecule has 18 nitrogen and oxygen atoms in total. The van der Waals surface area contributed by atoms with Crippen LogP contribution in [0.2, 0.25) is 0 Å². The second kappa shape index (κ2) is 35.5. The van der Waals surface area contributed by atoms with Crippen LogP contribution in [-0.2, 0) is 42.1 Å². The first-order valence-corrected chi connectivity index (χ1v) is 26.5. The highest BCUT2D eigenvalue weighted by molar-refractivity contribution is 7.47. The third-order valence-corrected chi connectivity index (χ3v) is 13.3. The largest absolute Gasteiger partial charge is 0.472 e. The van der Waals surface area contributed by atoms with Gasteiger partial charge in [0.1, 0.15) is 61.5 Å². The molecule has 2 rings (SSSR count). The van der Waals surface area contributed by atoms with Crippen molar-refractivity contribution in [2.24, 2.45) is 5.73 Å². The second-order valence-corrected chi connectivity index (χ2v) is 19.6. The monoisotopic (exact) mass is 970 g/mol. The van der Waals surface area contributed by atoms with E-state index >= 15 is 0 Å². The highest BCUT2D eigenvalue weighted by Gasteiger charge is 2.57. The van der Waals surface area contributed by atoms with Crippen molar-refractivity contribution in [3.63, 3.8) is 0 Å². The number of phosphoric acid groups is 1. The number of hydrogen-bond donors (Lipinski definition) is 9. The van der Waals surface area contributed by atoms with Crippen LogP contribution in [0, 0.1) is 0 Å². The Morgan fingerprint density at radius 3 is 1.61 bits per heavy atom. The van der Waals surface area contributed by atoms with Gasteiger partial charge in [0.05, 0.1) is 19.3 Å². The zero-order valence-electron chi connectivity index (χ0n) is 39.9. The summed E-state index contributed by atoms with van der Waals surface area (Å²) in [4.78, 5) is 34.8. The van der Waals surface area contributed by atoms with E-state index in [1.165, 1.54) is 128 Å². The summed E-state index contributed by atoms with van der Waals surface area (Å²) in [6.07, 6.45) is 15.7. The standard InChI is InChI=1S/C47H88NO17P/c1-3-4-5-6-7-8-9-10-11-12-13-14-15-16-17-18-19-20-21-22-23-24-25-26-27-28-29-30-37(52)60-32-35(51)33-61-66(58,59)65-46-44(62-34(2)50)42(56)41(55)43(57)45(46)64-47-38(48)40(54)39(53)36(31-49)63-47/h10-11,35-36,38-47,49,51,53-57H,3-9,12-33,48H2,1-2H3,(H,58,59)/b11-10-/t35-,36?,38?,39+,40?,41?,42+,43?,44?,45+,46+,47+/m0/s1. The third kappa shape index (κ3) is 24.8. The van der Waals surface area contributed by atoms with Crippen LogP contribution in [0.1, 0.15) is 181 Å². The van der Waals surface area contributed by atoms with Crippen LogP contribution in [0.25, 0.3) is 0 Å². The first-order chi connectivity index (χ1) is 31.6. The molecule has 0 aromatic carbocycles. The normalized spacial score (nSPS) is 28.3. The van der Waals surface area contributed by atoms with Crippen molar-refractivity contribution >= 4 is 19.8 Å². The van der Waals surface area contributed by atoms with Gasteiger partial charge in [0, 0.05) is 13.3 Å². The summed E-state index contributed by atoms with van der Waals surface area (Å²) in [7, 11) is -5.30. The predicted molar refractivity (Wildman–Crippen MR) is 247 cm³/mol. The fraction of sp³-hybridized carbons (Fsp3) is 0.915. The average molecular weight is 970 g/mol. The van der Waals surface area contributed by atoms with E-state index in [1.807, 2.05) is 0 Å². The third-order valence-electron chi connectivity index (χ3n) is 12.3. The number of unbranched alkanes of at least 4 members (excludes halogenated alkanes) is 23. The maximum atomic E-state index is 13.1. The molecule has 0 bridgehead atoms. The topological polar surface area (TPSA) is 294 Å². The summed E-state index contributed by atoms with van der Waals surface area (Å²) in [6, 6.07) is -1.53. The molecule has 0 radical (unpaired) electrons. The van der Waals surface area contributed by atoms with Crippen molar-refractivity contribution in [1.29, 1.82) is 0 Å². The van der Waals surface area contributed by atoms with Crippen LogP contribution in [-0.4, -0.2) is 146 Å². The van der Waals surface area contributed by atoms with Crippen LogP contribution < -0.4 is 5.73 Å². The van der Waals surface area contributed by atoms with Gasteiger partial charge in [-0.1, -0.05) is 147 Å². The molecular weight excluding hydrogens is 881 g/mol.